The van der Waals surface area contributed by atoms with Crippen LogP contribution < -0.4 is 25.1 Å². The summed E-state index contributed by atoms with van der Waals surface area (Å²) in [5.41, 5.74) is 6.13. The average molecular weight is 492 g/mol. The predicted molar refractivity (Wildman–Crippen MR) is 130 cm³/mol. The van der Waals surface area contributed by atoms with Crippen molar-refractivity contribution in [1.29, 1.82) is 0 Å². The summed E-state index contributed by atoms with van der Waals surface area (Å²) in [7, 11) is 0. The lowest BCUT2D eigenvalue weighted by Gasteiger charge is -2.19. The molecular formula is C26H25N3O7. The van der Waals surface area contributed by atoms with E-state index in [0.717, 1.165) is 17.4 Å². The molecule has 0 saturated carbocycles. The first-order chi connectivity index (χ1) is 17.1. The Bertz CT molecular complexity index is 1300. The van der Waals surface area contributed by atoms with Crippen molar-refractivity contribution in [3.63, 3.8) is 0 Å². The standard InChI is InChI=1S/C26H25N3O7/c1-26(2,3)18-8-10-19(11-9-18)34-14-16-4-6-17(7-5-16)24(30)27-28-25(31)20-12-22-23(36-15-35-22)13-21(20)29(32)33/h4-13H,14-15H2,1-3H3,(H,27,30)(H,28,31). The van der Waals surface area contributed by atoms with Crippen LogP contribution in [0, 0.1) is 10.1 Å². The first-order valence-electron chi connectivity index (χ1n) is 11.1. The molecule has 10 nitrogen and oxygen atoms in total. The minimum Gasteiger partial charge on any atom is -0.489 e. The normalized spacial score (nSPS) is 12.1. The second-order valence-electron chi connectivity index (χ2n) is 9.15. The van der Waals surface area contributed by atoms with Crippen molar-refractivity contribution in [2.45, 2.75) is 32.8 Å². The topological polar surface area (TPSA) is 129 Å². The zero-order valence-electron chi connectivity index (χ0n) is 20.0. The van der Waals surface area contributed by atoms with Crippen LogP contribution in [0.4, 0.5) is 5.69 Å². The van der Waals surface area contributed by atoms with Crippen molar-refractivity contribution in [2.24, 2.45) is 0 Å². The quantitative estimate of drug-likeness (QED) is 0.389. The van der Waals surface area contributed by atoms with Gasteiger partial charge in [-0.25, -0.2) is 0 Å². The highest BCUT2D eigenvalue weighted by atomic mass is 16.7. The first-order valence-corrected chi connectivity index (χ1v) is 11.1. The summed E-state index contributed by atoms with van der Waals surface area (Å²) in [6, 6.07) is 16.9. The van der Waals surface area contributed by atoms with E-state index in [1.165, 1.54) is 11.6 Å². The molecule has 3 aromatic carbocycles. The number of hydrazine groups is 1. The fourth-order valence-electron chi connectivity index (χ4n) is 3.49. The number of fused-ring (bicyclic) bond motifs is 1. The molecule has 0 bridgehead atoms. The molecule has 0 radical (unpaired) electrons. The van der Waals surface area contributed by atoms with Gasteiger partial charge < -0.3 is 14.2 Å². The third kappa shape index (κ3) is 5.54. The largest absolute Gasteiger partial charge is 0.489 e. The molecule has 0 aliphatic carbocycles. The van der Waals surface area contributed by atoms with Gasteiger partial charge in [0.25, 0.3) is 17.5 Å². The SMILES string of the molecule is CC(C)(C)c1ccc(OCc2ccc(C(=O)NNC(=O)c3cc4c(cc3[N+](=O)[O-])OCO4)cc2)cc1. The zero-order valence-corrected chi connectivity index (χ0v) is 20.0. The maximum Gasteiger partial charge on any atom is 0.286 e. The minimum atomic E-state index is -0.865. The van der Waals surface area contributed by atoms with E-state index in [4.69, 9.17) is 14.2 Å². The first kappa shape index (κ1) is 24.5. The molecule has 4 rings (SSSR count). The number of nitro benzene ring substituents is 1. The summed E-state index contributed by atoms with van der Waals surface area (Å²) in [4.78, 5) is 35.6. The maximum atomic E-state index is 12.5. The highest BCUT2D eigenvalue weighted by Crippen LogP contribution is 2.37. The van der Waals surface area contributed by atoms with Crippen LogP contribution in [0.15, 0.2) is 60.7 Å². The highest BCUT2D eigenvalue weighted by Gasteiger charge is 2.27. The van der Waals surface area contributed by atoms with Crippen LogP contribution in [0.3, 0.4) is 0 Å². The number of nitrogens with one attached hydrogen (secondary N) is 2. The number of hydrogen-bond acceptors (Lipinski definition) is 7. The predicted octanol–water partition coefficient (Wildman–Crippen LogP) is 4.27. The van der Waals surface area contributed by atoms with Crippen LogP contribution >= 0.6 is 0 Å². The van der Waals surface area contributed by atoms with E-state index in [1.54, 1.807) is 24.3 Å². The number of carbonyl (C=O) groups is 2. The summed E-state index contributed by atoms with van der Waals surface area (Å²) in [5, 5.41) is 11.3. The van der Waals surface area contributed by atoms with E-state index >= 15 is 0 Å². The molecule has 1 heterocycles. The number of rotatable bonds is 6. The summed E-state index contributed by atoms with van der Waals surface area (Å²) in [6.07, 6.45) is 0. The lowest BCUT2D eigenvalue weighted by molar-refractivity contribution is -0.385. The van der Waals surface area contributed by atoms with Crippen molar-refractivity contribution in [3.05, 3.63) is 93.0 Å². The second-order valence-corrected chi connectivity index (χ2v) is 9.15. The van der Waals surface area contributed by atoms with Gasteiger partial charge in [-0.15, -0.1) is 0 Å². The molecule has 0 atom stereocenters. The van der Waals surface area contributed by atoms with Crippen LogP contribution in [-0.4, -0.2) is 23.5 Å². The van der Waals surface area contributed by atoms with E-state index in [0.29, 0.717) is 6.61 Å². The molecule has 0 spiro atoms. The van der Waals surface area contributed by atoms with Gasteiger partial charge in [-0.1, -0.05) is 45.0 Å². The summed E-state index contributed by atoms with van der Waals surface area (Å²) >= 11 is 0. The van der Waals surface area contributed by atoms with Crippen LogP contribution in [0.5, 0.6) is 17.2 Å². The molecule has 2 amide bonds. The van der Waals surface area contributed by atoms with E-state index in [2.05, 4.69) is 31.6 Å². The Morgan fingerprint density at radius 3 is 2.17 bits per heavy atom. The van der Waals surface area contributed by atoms with E-state index < -0.39 is 22.4 Å². The van der Waals surface area contributed by atoms with Gasteiger partial charge in [-0.05, 0) is 40.8 Å². The smallest absolute Gasteiger partial charge is 0.286 e. The van der Waals surface area contributed by atoms with Crippen LogP contribution in [0.1, 0.15) is 52.6 Å². The molecule has 36 heavy (non-hydrogen) atoms. The number of ether oxygens (including phenoxy) is 3. The van der Waals surface area contributed by atoms with E-state index in [1.807, 2.05) is 24.3 Å². The van der Waals surface area contributed by atoms with Gasteiger partial charge in [-0.2, -0.15) is 0 Å². The molecule has 3 aromatic rings. The Balaban J connectivity index is 1.33. The lowest BCUT2D eigenvalue weighted by Crippen LogP contribution is -2.41. The minimum absolute atomic E-state index is 0.0631. The number of benzene rings is 3. The number of nitrogens with zero attached hydrogens (tertiary/aromatic N) is 1. The number of hydrogen-bond donors (Lipinski definition) is 2. The Hall–Kier alpha value is -4.60. The van der Waals surface area contributed by atoms with Gasteiger partial charge in [0.15, 0.2) is 11.5 Å². The molecular weight excluding hydrogens is 466 g/mol. The Labute approximate surface area is 207 Å². The lowest BCUT2D eigenvalue weighted by atomic mass is 9.87. The summed E-state index contributed by atoms with van der Waals surface area (Å²) in [6.45, 7) is 6.66. The monoisotopic (exact) mass is 491 g/mol. The van der Waals surface area contributed by atoms with Crippen LogP contribution in [-0.2, 0) is 12.0 Å². The second kappa shape index (κ2) is 9.95. The van der Waals surface area contributed by atoms with Crippen LogP contribution in [0.2, 0.25) is 0 Å². The Morgan fingerprint density at radius 1 is 0.944 bits per heavy atom. The van der Waals surface area contributed by atoms with Gasteiger partial charge in [0.2, 0.25) is 6.79 Å². The van der Waals surface area contributed by atoms with Gasteiger partial charge in [0, 0.05) is 11.6 Å². The zero-order chi connectivity index (χ0) is 25.9. The van der Waals surface area contributed by atoms with Gasteiger partial charge in [0.1, 0.15) is 17.9 Å². The fraction of sp³-hybridized carbons (Fsp3) is 0.231. The molecule has 1 aliphatic heterocycles. The Kier molecular flexibility index (Phi) is 6.77. The van der Waals surface area contributed by atoms with Crippen molar-refractivity contribution in [3.8, 4) is 17.2 Å². The number of nitro groups is 1. The summed E-state index contributed by atoms with van der Waals surface area (Å²) in [5.74, 6) is -0.328. The van der Waals surface area contributed by atoms with E-state index in [-0.39, 0.29) is 34.8 Å². The third-order valence-corrected chi connectivity index (χ3v) is 5.56. The van der Waals surface area contributed by atoms with Crippen molar-refractivity contribution in [2.75, 3.05) is 6.79 Å². The molecule has 0 unspecified atom stereocenters. The van der Waals surface area contributed by atoms with Gasteiger partial charge in [0.05, 0.1) is 11.0 Å². The van der Waals surface area contributed by atoms with Gasteiger partial charge in [-0.3, -0.25) is 30.6 Å². The van der Waals surface area contributed by atoms with E-state index in [9.17, 15) is 19.7 Å². The third-order valence-electron chi connectivity index (χ3n) is 5.56. The number of amides is 2. The fourth-order valence-corrected chi connectivity index (χ4v) is 3.49. The molecule has 0 saturated heterocycles. The molecule has 1 aliphatic rings. The summed E-state index contributed by atoms with van der Waals surface area (Å²) < 4.78 is 16.1. The number of carbonyl (C=O) groups excluding carboxylic acids is 2. The average Bonchev–Trinajstić information content (AvgIpc) is 3.33. The highest BCUT2D eigenvalue weighted by molar-refractivity contribution is 6.01. The molecule has 10 heteroatoms. The van der Waals surface area contributed by atoms with Crippen LogP contribution in [0.25, 0.3) is 0 Å². The molecule has 186 valence electrons. The molecule has 0 aromatic heterocycles. The van der Waals surface area contributed by atoms with Crippen molar-refractivity contribution < 1.29 is 28.7 Å². The Morgan fingerprint density at radius 2 is 1.56 bits per heavy atom. The van der Waals surface area contributed by atoms with Crippen molar-refractivity contribution in [1.82, 2.24) is 10.9 Å². The molecule has 0 fully saturated rings. The van der Waals surface area contributed by atoms with Crippen molar-refractivity contribution >= 4 is 17.5 Å². The van der Waals surface area contributed by atoms with Gasteiger partial charge >= 0.3 is 0 Å². The maximum absolute atomic E-state index is 12.5. The molecule has 2 N–H and O–H groups in total.